The Labute approximate surface area is 145 Å². The van der Waals surface area contributed by atoms with E-state index in [1.165, 1.54) is 11.8 Å². The zero-order chi connectivity index (χ0) is 17.6. The Morgan fingerprint density at radius 2 is 2.12 bits per heavy atom. The number of fused-ring (bicyclic) bond motifs is 1. The van der Waals surface area contributed by atoms with E-state index in [1.54, 1.807) is 32.2 Å². The summed E-state index contributed by atoms with van der Waals surface area (Å²) >= 11 is 1.31. The highest BCUT2D eigenvalue weighted by atomic mass is 32.2. The second kappa shape index (κ2) is 8.36. The van der Waals surface area contributed by atoms with Crippen LogP contribution < -0.4 is 10.6 Å². The number of nitrogens with zero attached hydrogens (tertiary/aromatic N) is 2. The van der Waals surface area contributed by atoms with Crippen molar-refractivity contribution in [2.45, 2.75) is 13.8 Å². The Morgan fingerprint density at radius 3 is 2.71 bits per heavy atom. The first-order chi connectivity index (χ1) is 11.6. The van der Waals surface area contributed by atoms with Gasteiger partial charge < -0.3 is 14.0 Å². The molecule has 0 unspecified atom stereocenters. The molecule has 0 atom stereocenters. The van der Waals surface area contributed by atoms with Crippen LogP contribution in [0.4, 0.5) is 5.69 Å². The van der Waals surface area contributed by atoms with Crippen molar-refractivity contribution in [3.8, 4) is 6.19 Å². The monoisotopic (exact) mass is 366 g/mol. The van der Waals surface area contributed by atoms with E-state index in [9.17, 15) is 4.57 Å². The molecule has 0 saturated carbocycles. The predicted octanol–water partition coefficient (Wildman–Crippen LogP) is 3.48. The number of nitrogens with one attached hydrogen (secondary N) is 2. The van der Waals surface area contributed by atoms with Crippen molar-refractivity contribution in [1.29, 1.82) is 5.26 Å². The number of hydrogen-bond donors (Lipinski definition) is 2. The van der Waals surface area contributed by atoms with Crippen molar-refractivity contribution in [2.24, 2.45) is 4.99 Å². The minimum Gasteiger partial charge on any atom is -0.361 e. The normalized spacial score (nSPS) is 12.3. The summed E-state index contributed by atoms with van der Waals surface area (Å²) in [5, 5.41) is 13.0. The van der Waals surface area contributed by atoms with Crippen LogP contribution in [0.3, 0.4) is 0 Å². The van der Waals surface area contributed by atoms with Crippen molar-refractivity contribution < 1.29 is 13.6 Å². The van der Waals surface area contributed by atoms with Gasteiger partial charge in [-0.25, -0.2) is 4.99 Å². The van der Waals surface area contributed by atoms with E-state index < -0.39 is 7.60 Å². The summed E-state index contributed by atoms with van der Waals surface area (Å²) < 4.78 is 23.9. The summed E-state index contributed by atoms with van der Waals surface area (Å²) in [5.74, 6) is 0. The number of aromatic amines is 1. The Morgan fingerprint density at radius 1 is 1.42 bits per heavy atom. The predicted molar refractivity (Wildman–Crippen MR) is 98.1 cm³/mol. The number of aromatic nitrogens is 1. The summed E-state index contributed by atoms with van der Waals surface area (Å²) in [6.45, 7) is 4.07. The lowest BCUT2D eigenvalue weighted by atomic mass is 10.2. The Hall–Kier alpha value is -1.78. The molecule has 0 fully saturated rings. The van der Waals surface area contributed by atoms with Gasteiger partial charge in [0.1, 0.15) is 0 Å². The maximum Gasteiger partial charge on any atom is 0.361 e. The van der Waals surface area contributed by atoms with Crippen molar-refractivity contribution in [1.82, 2.24) is 10.3 Å². The first-order valence-corrected chi connectivity index (χ1v) is 10.1. The van der Waals surface area contributed by atoms with Gasteiger partial charge in [-0.3, -0.25) is 9.88 Å². The van der Waals surface area contributed by atoms with E-state index in [-0.39, 0.29) is 13.2 Å². The lowest BCUT2D eigenvalue weighted by molar-refractivity contribution is 0.230. The van der Waals surface area contributed by atoms with E-state index >= 15 is 0 Å². The number of hydrogen-bond acceptors (Lipinski definition) is 6. The van der Waals surface area contributed by atoms with Gasteiger partial charge in [0, 0.05) is 17.1 Å². The summed E-state index contributed by atoms with van der Waals surface area (Å²) in [5.41, 5.74) is 1.35. The number of benzene rings is 1. The molecule has 0 aliphatic heterocycles. The fraction of sp³-hybridized carbons (Fsp3) is 0.333. The molecule has 128 valence electrons. The molecule has 7 nitrogen and oxygen atoms in total. The molecule has 2 rings (SSSR count). The maximum atomic E-state index is 13.0. The van der Waals surface area contributed by atoms with E-state index in [2.05, 4.69) is 15.3 Å². The van der Waals surface area contributed by atoms with Gasteiger partial charge in [0.2, 0.25) is 0 Å². The highest BCUT2D eigenvalue weighted by molar-refractivity contribution is 8.13. The Balaban J connectivity index is 2.62. The van der Waals surface area contributed by atoms with Crippen LogP contribution in [0.25, 0.3) is 10.9 Å². The van der Waals surface area contributed by atoms with Crippen molar-refractivity contribution in [3.05, 3.63) is 24.4 Å². The van der Waals surface area contributed by atoms with Gasteiger partial charge in [0.15, 0.2) is 11.4 Å². The molecule has 1 aromatic carbocycles. The smallest absolute Gasteiger partial charge is 0.361 e. The van der Waals surface area contributed by atoms with Crippen LogP contribution in [0.15, 0.2) is 29.4 Å². The molecule has 9 heteroatoms. The van der Waals surface area contributed by atoms with Crippen LogP contribution >= 0.6 is 19.4 Å². The molecule has 1 aromatic heterocycles. The largest absolute Gasteiger partial charge is 0.361 e. The maximum absolute atomic E-state index is 13.0. The summed E-state index contributed by atoms with van der Waals surface area (Å²) in [6, 6.07) is 5.29. The average molecular weight is 366 g/mol. The molecule has 0 amide bonds. The molecular weight excluding hydrogens is 347 g/mol. The zero-order valence-corrected chi connectivity index (χ0v) is 15.4. The number of H-pyrrole nitrogens is 1. The summed E-state index contributed by atoms with van der Waals surface area (Å²) in [4.78, 5) is 7.54. The number of thioether (sulfide) groups is 1. The van der Waals surface area contributed by atoms with Gasteiger partial charge in [-0.2, -0.15) is 5.26 Å². The van der Waals surface area contributed by atoms with E-state index in [0.29, 0.717) is 16.2 Å². The average Bonchev–Trinajstić information content (AvgIpc) is 3.03. The number of amidine groups is 1. The topological polar surface area (TPSA) is 99.5 Å². The number of nitriles is 1. The van der Waals surface area contributed by atoms with Crippen molar-refractivity contribution in [3.63, 3.8) is 0 Å². The molecule has 0 aliphatic carbocycles. The van der Waals surface area contributed by atoms with E-state index in [4.69, 9.17) is 14.3 Å². The minimum atomic E-state index is -3.43. The molecule has 0 saturated heterocycles. The second-order valence-electron chi connectivity index (χ2n) is 4.59. The van der Waals surface area contributed by atoms with E-state index in [0.717, 1.165) is 10.9 Å². The van der Waals surface area contributed by atoms with Gasteiger partial charge in [-0.15, -0.1) is 0 Å². The SMILES string of the molecule is CCOP(=O)(OCC)c1cc(N=C(NC#N)SC)c2cc[nH]c2c1. The Kier molecular flexibility index (Phi) is 6.46. The molecule has 0 spiro atoms. The molecule has 0 aliphatic rings. The van der Waals surface area contributed by atoms with Crippen LogP contribution in [0, 0.1) is 11.5 Å². The fourth-order valence-electron chi connectivity index (χ4n) is 2.19. The van der Waals surface area contributed by atoms with E-state index in [1.807, 2.05) is 18.5 Å². The third-order valence-corrected chi connectivity index (χ3v) is 5.79. The second-order valence-corrected chi connectivity index (χ2v) is 7.42. The van der Waals surface area contributed by atoms with Gasteiger partial charge in [-0.1, -0.05) is 11.8 Å². The van der Waals surface area contributed by atoms with Crippen LogP contribution in [0.1, 0.15) is 13.8 Å². The highest BCUT2D eigenvalue weighted by Gasteiger charge is 2.28. The third kappa shape index (κ3) is 4.00. The number of rotatable bonds is 6. The lowest BCUT2D eigenvalue weighted by Crippen LogP contribution is -2.13. The van der Waals surface area contributed by atoms with Gasteiger partial charge in [-0.05, 0) is 38.3 Å². The van der Waals surface area contributed by atoms with Crippen molar-refractivity contribution >= 4 is 46.4 Å². The highest BCUT2D eigenvalue weighted by Crippen LogP contribution is 2.48. The molecule has 2 N–H and O–H groups in total. The quantitative estimate of drug-likeness (QED) is 0.267. The molecule has 2 aromatic rings. The fourth-order valence-corrected chi connectivity index (χ4v) is 4.15. The van der Waals surface area contributed by atoms with Gasteiger partial charge in [0.25, 0.3) is 0 Å². The molecule has 0 bridgehead atoms. The molecule has 24 heavy (non-hydrogen) atoms. The first kappa shape index (κ1) is 18.6. The number of aliphatic imine (C=N–C) groups is 1. The standard InChI is InChI=1S/C15H19N4O3PS/c1-4-21-23(20,22-5-2)11-8-13-12(6-7-17-13)14(9-11)19-15(24-3)18-10-16/h6-9,17H,4-5H2,1-3H3,(H,18,19). The third-order valence-electron chi connectivity index (χ3n) is 3.12. The van der Waals surface area contributed by atoms with Crippen LogP contribution in [-0.4, -0.2) is 29.6 Å². The minimum absolute atomic E-state index is 0.269. The van der Waals surface area contributed by atoms with Crippen LogP contribution in [0.5, 0.6) is 0 Å². The summed E-state index contributed by atoms with van der Waals surface area (Å²) in [6.07, 6.45) is 5.44. The first-order valence-electron chi connectivity index (χ1n) is 7.36. The van der Waals surface area contributed by atoms with Gasteiger partial charge >= 0.3 is 7.60 Å². The Bertz CT molecular complexity index is 818. The van der Waals surface area contributed by atoms with Crippen LogP contribution in [0.2, 0.25) is 0 Å². The molecule has 0 radical (unpaired) electrons. The van der Waals surface area contributed by atoms with Gasteiger partial charge in [0.05, 0.1) is 24.2 Å². The van der Waals surface area contributed by atoms with Crippen LogP contribution in [-0.2, 0) is 13.6 Å². The zero-order valence-electron chi connectivity index (χ0n) is 13.7. The molecular formula is C15H19N4O3PS. The summed E-state index contributed by atoms with van der Waals surface area (Å²) in [7, 11) is -3.43. The molecule has 1 heterocycles. The van der Waals surface area contributed by atoms with Crippen molar-refractivity contribution in [2.75, 3.05) is 19.5 Å². The lowest BCUT2D eigenvalue weighted by Gasteiger charge is -2.17.